The molecule has 1 saturated carbocycles. The van der Waals surface area contributed by atoms with Crippen molar-refractivity contribution < 1.29 is 9.21 Å². The molecule has 2 aliphatic rings. The maximum absolute atomic E-state index is 13.4. The smallest absolute Gasteiger partial charge is 0.258 e. The lowest BCUT2D eigenvalue weighted by molar-refractivity contribution is 0.0712. The van der Waals surface area contributed by atoms with E-state index in [1.165, 1.54) is 6.33 Å². The van der Waals surface area contributed by atoms with Crippen LogP contribution < -0.4 is 5.32 Å². The van der Waals surface area contributed by atoms with Gasteiger partial charge in [0.15, 0.2) is 0 Å². The number of anilines is 1. The maximum Gasteiger partial charge on any atom is 0.258 e. The number of hydrogen-bond donors (Lipinski definition) is 1. The molecule has 2 fully saturated rings. The maximum atomic E-state index is 13.4. The summed E-state index contributed by atoms with van der Waals surface area (Å²) in [5, 5.41) is 12.4. The summed E-state index contributed by atoms with van der Waals surface area (Å²) in [5.74, 6) is 1.60. The largest absolute Gasteiger partial charge is 0.442 e. The van der Waals surface area contributed by atoms with E-state index < -0.39 is 0 Å². The first kappa shape index (κ1) is 18.1. The molecule has 3 aromatic rings. The first-order valence-corrected chi connectivity index (χ1v) is 10.1. The van der Waals surface area contributed by atoms with Gasteiger partial charge in [0.1, 0.15) is 17.9 Å². The van der Waals surface area contributed by atoms with Gasteiger partial charge in [-0.15, -0.1) is 5.10 Å². The number of carbonyl (C=O) groups is 1. The SMILES string of the molecule is Cc1oc2ncnc(NC3(C)CC3)c2c1C(=O)N1CCC(c2cn(C)nn2)CC1. The molecule has 29 heavy (non-hydrogen) atoms. The highest BCUT2D eigenvalue weighted by atomic mass is 16.3. The van der Waals surface area contributed by atoms with Gasteiger partial charge in [-0.05, 0) is 39.5 Å². The number of fused-ring (bicyclic) bond motifs is 1. The molecule has 1 aliphatic heterocycles. The summed E-state index contributed by atoms with van der Waals surface area (Å²) < 4.78 is 7.55. The second-order valence-electron chi connectivity index (χ2n) is 8.50. The molecule has 3 aromatic heterocycles. The molecule has 1 amide bonds. The van der Waals surface area contributed by atoms with Crippen molar-refractivity contribution in [3.05, 3.63) is 29.5 Å². The third kappa shape index (κ3) is 3.24. The molecule has 4 heterocycles. The zero-order valence-corrected chi connectivity index (χ0v) is 17.0. The molecule has 1 aliphatic carbocycles. The van der Waals surface area contributed by atoms with Gasteiger partial charge in [-0.1, -0.05) is 5.21 Å². The average molecular weight is 395 g/mol. The Morgan fingerprint density at radius 1 is 1.28 bits per heavy atom. The van der Waals surface area contributed by atoms with Crippen LogP contribution in [-0.4, -0.2) is 54.4 Å². The second kappa shape index (κ2) is 6.53. The van der Waals surface area contributed by atoms with E-state index in [2.05, 4.69) is 32.5 Å². The first-order chi connectivity index (χ1) is 13.9. The van der Waals surface area contributed by atoms with Crippen LogP contribution in [0, 0.1) is 6.92 Å². The fourth-order valence-electron chi connectivity index (χ4n) is 4.08. The van der Waals surface area contributed by atoms with E-state index in [9.17, 15) is 4.79 Å². The number of rotatable bonds is 4. The molecule has 5 rings (SSSR count). The topological polar surface area (TPSA) is 102 Å². The van der Waals surface area contributed by atoms with Crippen molar-refractivity contribution in [3.8, 4) is 0 Å². The van der Waals surface area contributed by atoms with Gasteiger partial charge < -0.3 is 14.6 Å². The minimum Gasteiger partial charge on any atom is -0.442 e. The molecule has 9 nitrogen and oxygen atoms in total. The monoisotopic (exact) mass is 395 g/mol. The van der Waals surface area contributed by atoms with Gasteiger partial charge in [-0.25, -0.2) is 9.97 Å². The van der Waals surface area contributed by atoms with Crippen LogP contribution in [0.25, 0.3) is 11.1 Å². The van der Waals surface area contributed by atoms with Crippen molar-refractivity contribution in [2.45, 2.75) is 51.0 Å². The van der Waals surface area contributed by atoms with Gasteiger partial charge in [0, 0.05) is 37.8 Å². The second-order valence-corrected chi connectivity index (χ2v) is 8.50. The molecule has 0 bridgehead atoms. The zero-order chi connectivity index (χ0) is 20.2. The molecule has 0 aromatic carbocycles. The first-order valence-electron chi connectivity index (χ1n) is 10.1. The van der Waals surface area contributed by atoms with Crippen LogP contribution in [0.4, 0.5) is 5.82 Å². The van der Waals surface area contributed by atoms with Crippen molar-refractivity contribution in [3.63, 3.8) is 0 Å². The number of amides is 1. The quantitative estimate of drug-likeness (QED) is 0.724. The van der Waals surface area contributed by atoms with E-state index in [0.29, 0.717) is 47.2 Å². The normalized spacial score (nSPS) is 18.9. The average Bonchev–Trinajstić information content (AvgIpc) is 3.11. The summed E-state index contributed by atoms with van der Waals surface area (Å²) in [4.78, 5) is 24.0. The lowest BCUT2D eigenvalue weighted by Gasteiger charge is -2.31. The molecule has 0 radical (unpaired) electrons. The van der Waals surface area contributed by atoms with Gasteiger partial charge in [0.05, 0.1) is 16.6 Å². The van der Waals surface area contributed by atoms with Crippen molar-refractivity contribution >= 4 is 22.8 Å². The van der Waals surface area contributed by atoms with Crippen LogP contribution in [0.5, 0.6) is 0 Å². The highest BCUT2D eigenvalue weighted by molar-refractivity contribution is 6.10. The van der Waals surface area contributed by atoms with Gasteiger partial charge in [0.25, 0.3) is 5.91 Å². The standard InChI is InChI=1S/C20H25N7O2/c1-12-15(16-17(23-20(2)6-7-20)21-11-22-18(16)29-12)19(28)27-8-4-13(5-9-27)14-10-26(3)25-24-14/h10-11,13H,4-9H2,1-3H3,(H,21,22,23). The summed E-state index contributed by atoms with van der Waals surface area (Å²) >= 11 is 0. The van der Waals surface area contributed by atoms with Crippen molar-refractivity contribution in [1.29, 1.82) is 0 Å². The summed E-state index contributed by atoms with van der Waals surface area (Å²) in [6, 6.07) is 0. The van der Waals surface area contributed by atoms with Crippen LogP contribution in [0.15, 0.2) is 16.9 Å². The fraction of sp³-hybridized carbons (Fsp3) is 0.550. The molecule has 0 spiro atoms. The minimum atomic E-state index is -0.0161. The van der Waals surface area contributed by atoms with E-state index in [-0.39, 0.29) is 11.4 Å². The number of aryl methyl sites for hydroxylation is 2. The zero-order valence-electron chi connectivity index (χ0n) is 17.0. The highest BCUT2D eigenvalue weighted by Crippen LogP contribution is 2.40. The predicted octanol–water partition coefficient (Wildman–Crippen LogP) is 2.64. The van der Waals surface area contributed by atoms with E-state index >= 15 is 0 Å². The summed E-state index contributed by atoms with van der Waals surface area (Å²) in [6.07, 6.45) is 7.38. The number of piperidine rings is 1. The Morgan fingerprint density at radius 3 is 2.69 bits per heavy atom. The molecular weight excluding hydrogens is 370 g/mol. The molecule has 9 heteroatoms. The molecule has 1 saturated heterocycles. The van der Waals surface area contributed by atoms with E-state index in [0.717, 1.165) is 31.4 Å². The molecule has 1 N–H and O–H groups in total. The molecule has 0 unspecified atom stereocenters. The van der Waals surface area contributed by atoms with E-state index in [4.69, 9.17) is 4.42 Å². The van der Waals surface area contributed by atoms with Crippen LogP contribution in [0.3, 0.4) is 0 Å². The lowest BCUT2D eigenvalue weighted by Crippen LogP contribution is -2.38. The Kier molecular flexibility index (Phi) is 4.07. The Morgan fingerprint density at radius 2 is 2.03 bits per heavy atom. The Bertz CT molecular complexity index is 1070. The third-order valence-electron chi connectivity index (χ3n) is 6.12. The number of furan rings is 1. The van der Waals surface area contributed by atoms with Crippen LogP contribution >= 0.6 is 0 Å². The predicted molar refractivity (Wildman–Crippen MR) is 107 cm³/mol. The third-order valence-corrected chi connectivity index (χ3v) is 6.12. The van der Waals surface area contributed by atoms with Crippen LogP contribution in [-0.2, 0) is 7.05 Å². The number of aromatic nitrogens is 5. The minimum absolute atomic E-state index is 0.0161. The van der Waals surface area contributed by atoms with Gasteiger partial charge >= 0.3 is 0 Å². The number of carbonyl (C=O) groups excluding carboxylic acids is 1. The van der Waals surface area contributed by atoms with Crippen LogP contribution in [0.1, 0.15) is 60.3 Å². The number of likely N-dealkylation sites (tertiary alicyclic amines) is 1. The Balaban J connectivity index is 1.40. The highest BCUT2D eigenvalue weighted by Gasteiger charge is 2.39. The van der Waals surface area contributed by atoms with E-state index in [1.807, 2.05) is 25.1 Å². The van der Waals surface area contributed by atoms with E-state index in [1.54, 1.807) is 4.68 Å². The molecule has 152 valence electrons. The Hall–Kier alpha value is -2.97. The number of hydrogen-bond acceptors (Lipinski definition) is 7. The van der Waals surface area contributed by atoms with Crippen molar-refractivity contribution in [2.24, 2.45) is 7.05 Å². The number of nitrogens with zero attached hydrogens (tertiary/aromatic N) is 6. The number of nitrogens with one attached hydrogen (secondary N) is 1. The van der Waals surface area contributed by atoms with Gasteiger partial charge in [-0.2, -0.15) is 0 Å². The molecule has 0 atom stereocenters. The summed E-state index contributed by atoms with van der Waals surface area (Å²) in [7, 11) is 1.87. The van der Waals surface area contributed by atoms with Crippen molar-refractivity contribution in [1.82, 2.24) is 29.9 Å². The summed E-state index contributed by atoms with van der Waals surface area (Å²) in [6.45, 7) is 5.34. The van der Waals surface area contributed by atoms with Gasteiger partial charge in [-0.3, -0.25) is 9.48 Å². The fourth-order valence-corrected chi connectivity index (χ4v) is 4.08. The Labute approximate surface area is 168 Å². The molecular formula is C20H25N7O2. The van der Waals surface area contributed by atoms with Crippen molar-refractivity contribution in [2.75, 3.05) is 18.4 Å². The van der Waals surface area contributed by atoms with Crippen LogP contribution in [0.2, 0.25) is 0 Å². The van der Waals surface area contributed by atoms with Gasteiger partial charge in [0.2, 0.25) is 5.71 Å². The lowest BCUT2D eigenvalue weighted by atomic mass is 9.93. The summed E-state index contributed by atoms with van der Waals surface area (Å²) in [5.41, 5.74) is 2.08.